The van der Waals surface area contributed by atoms with Gasteiger partial charge in [-0.2, -0.15) is 0 Å². The summed E-state index contributed by atoms with van der Waals surface area (Å²) in [4.78, 5) is 2.51. The number of nitrogens with zero attached hydrogens (tertiary/aromatic N) is 1. The number of hydrogen-bond acceptors (Lipinski definition) is 2. The second-order valence-corrected chi connectivity index (χ2v) is 6.77. The standard InChI is InChI=1S/C15H33NO/c1-13(2)7-10-16(11-8-14(3)4)12-9-15(5,6)17/h13-14,17H,7-12H2,1-6H3. The van der Waals surface area contributed by atoms with Crippen LogP contribution in [-0.4, -0.2) is 35.2 Å². The van der Waals surface area contributed by atoms with Gasteiger partial charge < -0.3 is 10.0 Å². The maximum atomic E-state index is 9.79. The van der Waals surface area contributed by atoms with E-state index in [1.807, 2.05) is 13.8 Å². The minimum absolute atomic E-state index is 0.534. The topological polar surface area (TPSA) is 23.5 Å². The lowest BCUT2D eigenvalue weighted by Gasteiger charge is -2.27. The molecule has 0 amide bonds. The highest BCUT2D eigenvalue weighted by atomic mass is 16.3. The van der Waals surface area contributed by atoms with Crippen molar-refractivity contribution in [3.05, 3.63) is 0 Å². The Kier molecular flexibility index (Phi) is 8.06. The van der Waals surface area contributed by atoms with Crippen molar-refractivity contribution < 1.29 is 5.11 Å². The third-order valence-corrected chi connectivity index (χ3v) is 3.09. The van der Waals surface area contributed by atoms with Crippen molar-refractivity contribution >= 4 is 0 Å². The van der Waals surface area contributed by atoms with E-state index in [0.29, 0.717) is 0 Å². The van der Waals surface area contributed by atoms with E-state index in [2.05, 4.69) is 32.6 Å². The molecule has 0 unspecified atom stereocenters. The molecule has 104 valence electrons. The van der Waals surface area contributed by atoms with Crippen LogP contribution in [0.5, 0.6) is 0 Å². The SMILES string of the molecule is CC(C)CCN(CCC(C)C)CCC(C)(C)O. The predicted octanol–water partition coefficient (Wildman–Crippen LogP) is 3.54. The summed E-state index contributed by atoms with van der Waals surface area (Å²) >= 11 is 0. The first-order chi connectivity index (χ1) is 7.70. The number of aliphatic hydroxyl groups is 1. The molecule has 0 saturated heterocycles. The fourth-order valence-electron chi connectivity index (χ4n) is 1.65. The van der Waals surface area contributed by atoms with Crippen LogP contribution in [0.2, 0.25) is 0 Å². The second kappa shape index (κ2) is 8.10. The molecule has 2 nitrogen and oxygen atoms in total. The summed E-state index contributed by atoms with van der Waals surface area (Å²) in [5.74, 6) is 1.53. The molecule has 0 aliphatic rings. The summed E-state index contributed by atoms with van der Waals surface area (Å²) in [7, 11) is 0. The van der Waals surface area contributed by atoms with Crippen LogP contribution in [0.3, 0.4) is 0 Å². The summed E-state index contributed by atoms with van der Waals surface area (Å²) < 4.78 is 0. The van der Waals surface area contributed by atoms with Gasteiger partial charge in [-0.05, 0) is 58.0 Å². The summed E-state index contributed by atoms with van der Waals surface area (Å²) in [6, 6.07) is 0. The number of rotatable bonds is 9. The molecule has 0 atom stereocenters. The minimum atomic E-state index is -0.534. The molecule has 0 aromatic rings. The second-order valence-electron chi connectivity index (χ2n) is 6.77. The van der Waals surface area contributed by atoms with E-state index < -0.39 is 5.60 Å². The van der Waals surface area contributed by atoms with Crippen LogP contribution in [0.1, 0.15) is 60.8 Å². The van der Waals surface area contributed by atoms with Gasteiger partial charge in [0, 0.05) is 6.54 Å². The van der Waals surface area contributed by atoms with E-state index in [1.54, 1.807) is 0 Å². The Bertz CT molecular complexity index is 170. The molecule has 0 aliphatic heterocycles. The maximum absolute atomic E-state index is 9.79. The highest BCUT2D eigenvalue weighted by molar-refractivity contribution is 4.69. The van der Waals surface area contributed by atoms with Crippen molar-refractivity contribution in [2.75, 3.05) is 19.6 Å². The molecule has 0 aliphatic carbocycles. The Morgan fingerprint density at radius 1 is 0.882 bits per heavy atom. The maximum Gasteiger partial charge on any atom is 0.0603 e. The van der Waals surface area contributed by atoms with E-state index >= 15 is 0 Å². The average Bonchev–Trinajstić information content (AvgIpc) is 2.14. The molecule has 2 heteroatoms. The van der Waals surface area contributed by atoms with Crippen LogP contribution < -0.4 is 0 Å². The van der Waals surface area contributed by atoms with Gasteiger partial charge in [-0.25, -0.2) is 0 Å². The molecule has 1 N–H and O–H groups in total. The Balaban J connectivity index is 4.01. The number of hydrogen-bond donors (Lipinski definition) is 1. The minimum Gasteiger partial charge on any atom is -0.390 e. The van der Waals surface area contributed by atoms with E-state index in [9.17, 15) is 5.11 Å². The van der Waals surface area contributed by atoms with Gasteiger partial charge in [0.2, 0.25) is 0 Å². The van der Waals surface area contributed by atoms with Crippen molar-refractivity contribution in [1.82, 2.24) is 4.90 Å². The summed E-state index contributed by atoms with van der Waals surface area (Å²) in [6.45, 7) is 16.2. The first-order valence-corrected chi connectivity index (χ1v) is 7.15. The molecule has 0 fully saturated rings. The fourth-order valence-corrected chi connectivity index (χ4v) is 1.65. The first kappa shape index (κ1) is 16.9. The van der Waals surface area contributed by atoms with Gasteiger partial charge in [0.05, 0.1) is 5.60 Å². The predicted molar refractivity (Wildman–Crippen MR) is 76.3 cm³/mol. The zero-order valence-electron chi connectivity index (χ0n) is 12.8. The van der Waals surface area contributed by atoms with E-state index in [4.69, 9.17) is 0 Å². The Morgan fingerprint density at radius 2 is 1.29 bits per heavy atom. The van der Waals surface area contributed by atoms with Gasteiger partial charge in [0.1, 0.15) is 0 Å². The van der Waals surface area contributed by atoms with Crippen molar-refractivity contribution in [1.29, 1.82) is 0 Å². The summed E-state index contributed by atoms with van der Waals surface area (Å²) in [5, 5.41) is 9.79. The highest BCUT2D eigenvalue weighted by Gasteiger charge is 2.15. The van der Waals surface area contributed by atoms with Crippen LogP contribution in [0.25, 0.3) is 0 Å². The Labute approximate surface area is 108 Å². The lowest BCUT2D eigenvalue weighted by molar-refractivity contribution is 0.0564. The highest BCUT2D eigenvalue weighted by Crippen LogP contribution is 2.12. The fraction of sp³-hybridized carbons (Fsp3) is 1.00. The van der Waals surface area contributed by atoms with E-state index in [1.165, 1.54) is 25.9 Å². The lowest BCUT2D eigenvalue weighted by Crippen LogP contribution is -2.33. The van der Waals surface area contributed by atoms with Gasteiger partial charge in [-0.3, -0.25) is 0 Å². The van der Waals surface area contributed by atoms with Crippen molar-refractivity contribution in [2.24, 2.45) is 11.8 Å². The van der Waals surface area contributed by atoms with Crippen molar-refractivity contribution in [3.63, 3.8) is 0 Å². The summed E-state index contributed by atoms with van der Waals surface area (Å²) in [6.07, 6.45) is 3.37. The van der Waals surface area contributed by atoms with Crippen LogP contribution in [0.4, 0.5) is 0 Å². The molecule has 0 rings (SSSR count). The van der Waals surface area contributed by atoms with Crippen LogP contribution >= 0.6 is 0 Å². The normalized spacial score (nSPS) is 13.1. The summed E-state index contributed by atoms with van der Waals surface area (Å²) in [5.41, 5.74) is -0.534. The van der Waals surface area contributed by atoms with Crippen LogP contribution in [0.15, 0.2) is 0 Å². The van der Waals surface area contributed by atoms with E-state index in [-0.39, 0.29) is 0 Å². The monoisotopic (exact) mass is 243 g/mol. The first-order valence-electron chi connectivity index (χ1n) is 7.15. The van der Waals surface area contributed by atoms with Gasteiger partial charge in [0.15, 0.2) is 0 Å². The third-order valence-electron chi connectivity index (χ3n) is 3.09. The van der Waals surface area contributed by atoms with Crippen molar-refractivity contribution in [3.8, 4) is 0 Å². The molecule has 0 spiro atoms. The largest absolute Gasteiger partial charge is 0.390 e. The molecule has 0 radical (unpaired) electrons. The molecule has 0 saturated carbocycles. The lowest BCUT2D eigenvalue weighted by atomic mass is 10.0. The zero-order valence-corrected chi connectivity index (χ0v) is 12.8. The molecule has 0 heterocycles. The molecule has 17 heavy (non-hydrogen) atoms. The smallest absolute Gasteiger partial charge is 0.0603 e. The van der Waals surface area contributed by atoms with Gasteiger partial charge in [0.25, 0.3) is 0 Å². The third kappa shape index (κ3) is 12.2. The quantitative estimate of drug-likeness (QED) is 0.669. The average molecular weight is 243 g/mol. The van der Waals surface area contributed by atoms with Gasteiger partial charge in [-0.15, -0.1) is 0 Å². The molecular formula is C15H33NO. The van der Waals surface area contributed by atoms with Crippen LogP contribution in [-0.2, 0) is 0 Å². The molecule has 0 aromatic heterocycles. The van der Waals surface area contributed by atoms with Crippen LogP contribution in [0, 0.1) is 11.8 Å². The van der Waals surface area contributed by atoms with Crippen molar-refractivity contribution in [2.45, 2.75) is 66.4 Å². The Hall–Kier alpha value is -0.0800. The van der Waals surface area contributed by atoms with Gasteiger partial charge >= 0.3 is 0 Å². The zero-order chi connectivity index (χ0) is 13.5. The van der Waals surface area contributed by atoms with E-state index in [0.717, 1.165) is 24.8 Å². The molecular weight excluding hydrogens is 210 g/mol. The van der Waals surface area contributed by atoms with Gasteiger partial charge in [-0.1, -0.05) is 27.7 Å². The Morgan fingerprint density at radius 3 is 1.59 bits per heavy atom. The molecule has 0 bridgehead atoms. The molecule has 0 aromatic carbocycles.